The lowest BCUT2D eigenvalue weighted by molar-refractivity contribution is 0.0731. The third-order valence-electron chi connectivity index (χ3n) is 5.04. The molecule has 4 aromatic rings. The molecular weight excluding hydrogens is 395 g/mol. The molecule has 1 heterocycles. The second-order valence-electron chi connectivity index (χ2n) is 8.31. The average Bonchev–Trinajstić information content (AvgIpc) is 2.75. The minimum atomic E-state index is -0.768. The van der Waals surface area contributed by atoms with Crippen LogP contribution in [0.3, 0.4) is 0 Å². The van der Waals surface area contributed by atoms with Gasteiger partial charge < -0.3 is 9.15 Å². The molecule has 31 heavy (non-hydrogen) atoms. The number of rotatable bonds is 3. The second-order valence-corrected chi connectivity index (χ2v) is 8.31. The summed E-state index contributed by atoms with van der Waals surface area (Å²) in [7, 11) is 0. The summed E-state index contributed by atoms with van der Waals surface area (Å²) in [6.45, 7) is 6.32. The molecule has 0 unspecified atom stereocenters. The first-order chi connectivity index (χ1) is 14.7. The van der Waals surface area contributed by atoms with Gasteiger partial charge in [0.05, 0.1) is 10.9 Å². The maximum absolute atomic E-state index is 13.2. The summed E-state index contributed by atoms with van der Waals surface area (Å²) in [4.78, 5) is 25.8. The molecule has 4 rings (SSSR count). The van der Waals surface area contributed by atoms with Gasteiger partial charge in [0, 0.05) is 5.56 Å². The van der Waals surface area contributed by atoms with Crippen LogP contribution in [-0.4, -0.2) is 5.97 Å². The average molecular weight is 416 g/mol. The van der Waals surface area contributed by atoms with Gasteiger partial charge in [-0.25, -0.2) is 9.18 Å². The number of ether oxygens (including phenoxy) is 1. The van der Waals surface area contributed by atoms with Crippen molar-refractivity contribution in [2.75, 3.05) is 0 Å². The van der Waals surface area contributed by atoms with E-state index in [9.17, 15) is 14.0 Å². The minimum absolute atomic E-state index is 0.0410. The summed E-state index contributed by atoms with van der Waals surface area (Å²) in [5.41, 5.74) is 1.75. The number of benzene rings is 3. The lowest BCUT2D eigenvalue weighted by Gasteiger charge is -2.19. The third-order valence-corrected chi connectivity index (χ3v) is 5.04. The molecule has 0 bridgehead atoms. The monoisotopic (exact) mass is 416 g/mol. The molecule has 0 atom stereocenters. The Hall–Kier alpha value is -3.73. The molecule has 0 aliphatic rings. The van der Waals surface area contributed by atoms with E-state index >= 15 is 0 Å². The van der Waals surface area contributed by atoms with Gasteiger partial charge in [0.2, 0.25) is 11.2 Å². The number of hydrogen-bond donors (Lipinski definition) is 0. The predicted octanol–water partition coefficient (Wildman–Crippen LogP) is 6.12. The van der Waals surface area contributed by atoms with E-state index in [0.29, 0.717) is 16.5 Å². The molecule has 0 spiro atoms. The SMILES string of the molecule is CC(C)(C)c1ccc(-c2oc3ccccc3c(=O)c2OC(=O)c2ccc(F)cc2)cc1. The van der Waals surface area contributed by atoms with Crippen molar-refractivity contribution in [3.05, 3.63) is 100.0 Å². The molecule has 0 saturated carbocycles. The number of carbonyl (C=O) groups is 1. The number of halogens is 1. The summed E-state index contributed by atoms with van der Waals surface area (Å²) in [5, 5.41) is 0.305. The Labute approximate surface area is 178 Å². The molecule has 156 valence electrons. The molecular formula is C26H21FO4. The van der Waals surface area contributed by atoms with Gasteiger partial charge in [-0.05, 0) is 47.4 Å². The molecule has 3 aromatic carbocycles. The normalized spacial score (nSPS) is 11.5. The molecule has 0 fully saturated rings. The highest BCUT2D eigenvalue weighted by Crippen LogP contribution is 2.33. The fraction of sp³-hybridized carbons (Fsp3) is 0.154. The summed E-state index contributed by atoms with van der Waals surface area (Å²) >= 11 is 0. The van der Waals surface area contributed by atoms with E-state index in [4.69, 9.17) is 9.15 Å². The fourth-order valence-electron chi connectivity index (χ4n) is 3.27. The van der Waals surface area contributed by atoms with Crippen LogP contribution in [0.2, 0.25) is 0 Å². The highest BCUT2D eigenvalue weighted by Gasteiger charge is 2.22. The van der Waals surface area contributed by atoms with Crippen molar-refractivity contribution in [1.29, 1.82) is 0 Å². The minimum Gasteiger partial charge on any atom is -0.452 e. The lowest BCUT2D eigenvalue weighted by atomic mass is 9.86. The molecule has 0 radical (unpaired) electrons. The molecule has 4 nitrogen and oxygen atoms in total. The highest BCUT2D eigenvalue weighted by atomic mass is 19.1. The molecule has 0 aliphatic carbocycles. The third kappa shape index (κ3) is 4.12. The van der Waals surface area contributed by atoms with E-state index in [2.05, 4.69) is 20.8 Å². The van der Waals surface area contributed by atoms with Gasteiger partial charge in [-0.15, -0.1) is 0 Å². The number of carbonyl (C=O) groups excluding carboxylic acids is 1. The molecule has 0 saturated heterocycles. The first kappa shape index (κ1) is 20.5. The van der Waals surface area contributed by atoms with Crippen molar-refractivity contribution in [1.82, 2.24) is 0 Å². The van der Waals surface area contributed by atoms with Crippen molar-refractivity contribution >= 4 is 16.9 Å². The van der Waals surface area contributed by atoms with E-state index in [1.807, 2.05) is 24.3 Å². The van der Waals surface area contributed by atoms with Crippen LogP contribution in [0.5, 0.6) is 5.75 Å². The first-order valence-corrected chi connectivity index (χ1v) is 9.88. The summed E-state index contributed by atoms with van der Waals surface area (Å²) in [5.74, 6) is -1.27. The summed E-state index contributed by atoms with van der Waals surface area (Å²) in [6, 6.07) is 19.3. The van der Waals surface area contributed by atoms with E-state index in [0.717, 1.165) is 17.7 Å². The van der Waals surface area contributed by atoms with Gasteiger partial charge in [-0.1, -0.05) is 57.2 Å². The van der Waals surface area contributed by atoms with Gasteiger partial charge in [0.25, 0.3) is 0 Å². The zero-order chi connectivity index (χ0) is 22.2. The van der Waals surface area contributed by atoms with Crippen LogP contribution in [0, 0.1) is 5.82 Å². The smallest absolute Gasteiger partial charge is 0.343 e. The number of esters is 1. The topological polar surface area (TPSA) is 56.5 Å². The van der Waals surface area contributed by atoms with Crippen LogP contribution in [0.25, 0.3) is 22.3 Å². The number of fused-ring (bicyclic) bond motifs is 1. The molecule has 0 aliphatic heterocycles. The van der Waals surface area contributed by atoms with E-state index in [1.165, 1.54) is 12.1 Å². The Kier molecular flexibility index (Phi) is 5.19. The quantitative estimate of drug-likeness (QED) is 0.378. The van der Waals surface area contributed by atoms with Crippen LogP contribution in [0.4, 0.5) is 4.39 Å². The van der Waals surface area contributed by atoms with Gasteiger partial charge in [0.15, 0.2) is 5.76 Å². The fourth-order valence-corrected chi connectivity index (χ4v) is 3.27. The van der Waals surface area contributed by atoms with E-state index < -0.39 is 17.2 Å². The lowest BCUT2D eigenvalue weighted by Crippen LogP contribution is -2.16. The summed E-state index contributed by atoms with van der Waals surface area (Å²) < 4.78 is 24.7. The van der Waals surface area contributed by atoms with E-state index in [1.54, 1.807) is 24.3 Å². The number of para-hydroxylation sites is 1. The molecule has 5 heteroatoms. The van der Waals surface area contributed by atoms with Gasteiger partial charge >= 0.3 is 5.97 Å². The van der Waals surface area contributed by atoms with Crippen molar-refractivity contribution < 1.29 is 18.3 Å². The molecule has 0 amide bonds. The van der Waals surface area contributed by atoms with Gasteiger partial charge in [-0.3, -0.25) is 4.79 Å². The first-order valence-electron chi connectivity index (χ1n) is 9.88. The number of hydrogen-bond acceptors (Lipinski definition) is 4. The highest BCUT2D eigenvalue weighted by molar-refractivity contribution is 5.93. The Morgan fingerprint density at radius 2 is 1.55 bits per heavy atom. The van der Waals surface area contributed by atoms with Crippen LogP contribution in [-0.2, 0) is 5.41 Å². The van der Waals surface area contributed by atoms with Crippen LogP contribution in [0.1, 0.15) is 36.7 Å². The van der Waals surface area contributed by atoms with Crippen molar-refractivity contribution in [3.8, 4) is 17.1 Å². The molecule has 0 N–H and O–H groups in total. The Bertz CT molecular complexity index is 1310. The van der Waals surface area contributed by atoms with Crippen molar-refractivity contribution in [3.63, 3.8) is 0 Å². The maximum atomic E-state index is 13.2. The van der Waals surface area contributed by atoms with Crippen molar-refractivity contribution in [2.45, 2.75) is 26.2 Å². The van der Waals surface area contributed by atoms with E-state index in [-0.39, 0.29) is 22.5 Å². The van der Waals surface area contributed by atoms with Crippen LogP contribution >= 0.6 is 0 Å². The largest absolute Gasteiger partial charge is 0.452 e. The Balaban J connectivity index is 1.85. The zero-order valence-corrected chi connectivity index (χ0v) is 17.4. The van der Waals surface area contributed by atoms with Crippen LogP contribution < -0.4 is 10.2 Å². The maximum Gasteiger partial charge on any atom is 0.343 e. The molecule has 1 aromatic heterocycles. The second kappa shape index (κ2) is 7.84. The predicted molar refractivity (Wildman–Crippen MR) is 118 cm³/mol. The zero-order valence-electron chi connectivity index (χ0n) is 17.4. The standard InChI is InChI=1S/C26H21FO4/c1-26(2,3)18-12-8-16(9-13-18)23-24(22(28)20-6-4-5-7-21(20)30-23)31-25(29)17-10-14-19(27)15-11-17/h4-15H,1-3H3. The Morgan fingerprint density at radius 3 is 2.19 bits per heavy atom. The van der Waals surface area contributed by atoms with Crippen LogP contribution in [0.15, 0.2) is 82.0 Å². The van der Waals surface area contributed by atoms with Gasteiger partial charge in [-0.2, -0.15) is 0 Å². The summed E-state index contributed by atoms with van der Waals surface area (Å²) in [6.07, 6.45) is 0. The van der Waals surface area contributed by atoms with Gasteiger partial charge in [0.1, 0.15) is 11.4 Å². The Morgan fingerprint density at radius 1 is 0.903 bits per heavy atom. The van der Waals surface area contributed by atoms with Crippen molar-refractivity contribution in [2.24, 2.45) is 0 Å².